The number of aromatic nitrogens is 2. The van der Waals surface area contributed by atoms with E-state index in [1.807, 2.05) is 31.3 Å². The van der Waals surface area contributed by atoms with Crippen LogP contribution in [0.3, 0.4) is 0 Å². The minimum atomic E-state index is -3.68. The molecule has 0 bridgehead atoms. The minimum Gasteiger partial charge on any atom is -0.493 e. The van der Waals surface area contributed by atoms with Crippen LogP contribution >= 0.6 is 0 Å². The van der Waals surface area contributed by atoms with Crippen molar-refractivity contribution in [3.05, 3.63) is 66.0 Å². The van der Waals surface area contributed by atoms with E-state index >= 15 is 0 Å². The molecule has 1 N–H and O–H groups in total. The molecule has 2 heterocycles. The Bertz CT molecular complexity index is 1030. The molecule has 1 aliphatic heterocycles. The van der Waals surface area contributed by atoms with Gasteiger partial charge >= 0.3 is 0 Å². The maximum Gasteiger partial charge on any atom is 0.261 e. The van der Waals surface area contributed by atoms with E-state index < -0.39 is 10.0 Å². The van der Waals surface area contributed by atoms with E-state index in [2.05, 4.69) is 9.82 Å². The molecule has 0 aliphatic carbocycles. The number of hydrogen-bond acceptors (Lipinski definition) is 4. The Morgan fingerprint density at radius 2 is 2.08 bits per heavy atom. The van der Waals surface area contributed by atoms with Crippen molar-refractivity contribution in [1.29, 1.82) is 0 Å². The summed E-state index contributed by atoms with van der Waals surface area (Å²) in [6.45, 7) is 2.46. The highest BCUT2D eigenvalue weighted by molar-refractivity contribution is 7.92. The van der Waals surface area contributed by atoms with Crippen LogP contribution < -0.4 is 9.46 Å². The third kappa shape index (κ3) is 2.98. The molecule has 0 fully saturated rings. The Morgan fingerprint density at radius 3 is 2.88 bits per heavy atom. The van der Waals surface area contributed by atoms with Crippen molar-refractivity contribution in [2.45, 2.75) is 18.2 Å². The van der Waals surface area contributed by atoms with Gasteiger partial charge in [-0.05, 0) is 54.4 Å². The average Bonchev–Trinajstić information content (AvgIpc) is 3.27. The predicted octanol–water partition coefficient (Wildman–Crippen LogP) is 2.92. The maximum atomic E-state index is 12.8. The Balaban J connectivity index is 1.68. The first kappa shape index (κ1) is 15.7. The molecule has 25 heavy (non-hydrogen) atoms. The first-order valence-corrected chi connectivity index (χ1v) is 9.40. The number of sulfonamides is 1. The summed E-state index contributed by atoms with van der Waals surface area (Å²) in [5, 5.41) is 4.18. The molecule has 4 rings (SSSR count). The number of benzene rings is 2. The number of nitrogens with zero attached hydrogens (tertiary/aromatic N) is 2. The minimum absolute atomic E-state index is 0.237. The number of anilines is 1. The van der Waals surface area contributed by atoms with Gasteiger partial charge in [0.05, 0.1) is 22.9 Å². The highest BCUT2D eigenvalue weighted by atomic mass is 32.2. The number of fused-ring (bicyclic) bond motifs is 1. The Labute approximate surface area is 146 Å². The van der Waals surface area contributed by atoms with Crippen LogP contribution in [0.5, 0.6) is 5.75 Å². The zero-order valence-corrected chi connectivity index (χ0v) is 14.5. The Kier molecular flexibility index (Phi) is 3.73. The molecule has 7 heteroatoms. The highest BCUT2D eigenvalue weighted by Crippen LogP contribution is 2.29. The molecule has 0 unspecified atom stereocenters. The lowest BCUT2D eigenvalue weighted by Crippen LogP contribution is -2.14. The molecule has 0 spiro atoms. The van der Waals surface area contributed by atoms with Crippen molar-refractivity contribution in [2.75, 3.05) is 11.3 Å². The Hall–Kier alpha value is -2.80. The lowest BCUT2D eigenvalue weighted by Gasteiger charge is -2.13. The number of ether oxygens (including phenoxy) is 1. The van der Waals surface area contributed by atoms with Crippen LogP contribution in [-0.2, 0) is 16.4 Å². The molecule has 2 aromatic carbocycles. The zero-order valence-electron chi connectivity index (χ0n) is 13.6. The lowest BCUT2D eigenvalue weighted by atomic mass is 10.2. The van der Waals surface area contributed by atoms with Gasteiger partial charge in [0, 0.05) is 18.8 Å². The molecule has 6 nitrogen and oxygen atoms in total. The highest BCUT2D eigenvalue weighted by Gasteiger charge is 2.20. The van der Waals surface area contributed by atoms with Crippen molar-refractivity contribution in [3.8, 4) is 11.4 Å². The van der Waals surface area contributed by atoms with Crippen molar-refractivity contribution in [1.82, 2.24) is 9.78 Å². The monoisotopic (exact) mass is 355 g/mol. The summed E-state index contributed by atoms with van der Waals surface area (Å²) in [6, 6.07) is 12.3. The second-order valence-electron chi connectivity index (χ2n) is 5.92. The van der Waals surface area contributed by atoms with E-state index in [9.17, 15) is 8.42 Å². The first-order chi connectivity index (χ1) is 12.0. The van der Waals surface area contributed by atoms with E-state index in [0.29, 0.717) is 12.3 Å². The SMILES string of the molecule is Cc1ccc(-n2cccn2)cc1NS(=O)(=O)c1ccc2c(c1)CCO2. The fourth-order valence-electron chi connectivity index (χ4n) is 2.82. The van der Waals surface area contributed by atoms with Gasteiger partial charge in [-0.15, -0.1) is 0 Å². The quantitative estimate of drug-likeness (QED) is 0.781. The van der Waals surface area contributed by atoms with Crippen LogP contribution in [0.2, 0.25) is 0 Å². The Morgan fingerprint density at radius 1 is 1.20 bits per heavy atom. The summed E-state index contributed by atoms with van der Waals surface area (Å²) in [4.78, 5) is 0.237. The lowest BCUT2D eigenvalue weighted by molar-refractivity contribution is 0.356. The second-order valence-corrected chi connectivity index (χ2v) is 7.61. The zero-order chi connectivity index (χ0) is 17.4. The van der Waals surface area contributed by atoms with Crippen LogP contribution in [0.4, 0.5) is 5.69 Å². The number of nitrogens with one attached hydrogen (secondary N) is 1. The summed E-state index contributed by atoms with van der Waals surface area (Å²) in [5.41, 5.74) is 3.08. The van der Waals surface area contributed by atoms with Gasteiger partial charge in [-0.25, -0.2) is 13.1 Å². The molecule has 0 atom stereocenters. The van der Waals surface area contributed by atoms with Gasteiger partial charge in [-0.2, -0.15) is 5.10 Å². The molecule has 1 aromatic heterocycles. The van der Waals surface area contributed by atoms with Crippen LogP contribution in [0.15, 0.2) is 59.8 Å². The molecule has 1 aliphatic rings. The normalized spacial score (nSPS) is 13.3. The molecule has 128 valence electrons. The summed E-state index contributed by atoms with van der Waals surface area (Å²) < 4.78 is 35.4. The van der Waals surface area contributed by atoms with Gasteiger partial charge in [0.2, 0.25) is 0 Å². The largest absolute Gasteiger partial charge is 0.493 e. The number of rotatable bonds is 4. The van der Waals surface area contributed by atoms with Gasteiger partial charge in [-0.1, -0.05) is 6.07 Å². The number of aryl methyl sites for hydroxylation is 1. The van der Waals surface area contributed by atoms with Crippen LogP contribution in [-0.4, -0.2) is 24.8 Å². The van der Waals surface area contributed by atoms with Gasteiger partial charge in [0.15, 0.2) is 0 Å². The van der Waals surface area contributed by atoms with Crippen molar-refractivity contribution < 1.29 is 13.2 Å². The topological polar surface area (TPSA) is 73.2 Å². The van der Waals surface area contributed by atoms with Gasteiger partial charge in [0.25, 0.3) is 10.0 Å². The number of hydrogen-bond donors (Lipinski definition) is 1. The van der Waals surface area contributed by atoms with E-state index in [1.165, 1.54) is 0 Å². The summed E-state index contributed by atoms with van der Waals surface area (Å²) in [7, 11) is -3.68. The van der Waals surface area contributed by atoms with E-state index in [1.54, 1.807) is 35.1 Å². The first-order valence-electron chi connectivity index (χ1n) is 7.92. The second kappa shape index (κ2) is 5.93. The predicted molar refractivity (Wildman–Crippen MR) is 94.8 cm³/mol. The van der Waals surface area contributed by atoms with Crippen LogP contribution in [0.1, 0.15) is 11.1 Å². The molecule has 3 aromatic rings. The van der Waals surface area contributed by atoms with E-state index in [0.717, 1.165) is 29.0 Å². The molecule has 0 saturated carbocycles. The van der Waals surface area contributed by atoms with Gasteiger partial charge in [-0.3, -0.25) is 4.72 Å². The summed E-state index contributed by atoms with van der Waals surface area (Å²) in [6.07, 6.45) is 4.21. The standard InChI is InChI=1S/C18H17N3O3S/c1-13-3-4-15(21-9-2-8-19-21)12-17(13)20-25(22,23)16-5-6-18-14(11-16)7-10-24-18/h2-6,8-9,11-12,20H,7,10H2,1H3. The molecule has 0 saturated heterocycles. The summed E-state index contributed by atoms with van der Waals surface area (Å²) >= 11 is 0. The average molecular weight is 355 g/mol. The van der Waals surface area contributed by atoms with Crippen molar-refractivity contribution >= 4 is 15.7 Å². The van der Waals surface area contributed by atoms with Crippen LogP contribution in [0.25, 0.3) is 5.69 Å². The third-order valence-electron chi connectivity index (χ3n) is 4.21. The fourth-order valence-corrected chi connectivity index (χ4v) is 3.99. The molecular weight excluding hydrogens is 338 g/mol. The van der Waals surface area contributed by atoms with Gasteiger partial charge in [0.1, 0.15) is 5.75 Å². The molecule has 0 radical (unpaired) electrons. The maximum absolute atomic E-state index is 12.8. The fraction of sp³-hybridized carbons (Fsp3) is 0.167. The summed E-state index contributed by atoms with van der Waals surface area (Å²) in [5.74, 6) is 0.760. The smallest absolute Gasteiger partial charge is 0.261 e. The van der Waals surface area contributed by atoms with E-state index in [4.69, 9.17) is 4.74 Å². The van der Waals surface area contributed by atoms with Crippen molar-refractivity contribution in [2.24, 2.45) is 0 Å². The van der Waals surface area contributed by atoms with E-state index in [-0.39, 0.29) is 4.90 Å². The third-order valence-corrected chi connectivity index (χ3v) is 5.57. The van der Waals surface area contributed by atoms with Crippen molar-refractivity contribution in [3.63, 3.8) is 0 Å². The van der Waals surface area contributed by atoms with Gasteiger partial charge < -0.3 is 4.74 Å². The molecule has 0 amide bonds. The van der Waals surface area contributed by atoms with Crippen LogP contribution in [0, 0.1) is 6.92 Å². The molecular formula is C18H17N3O3S.